The summed E-state index contributed by atoms with van der Waals surface area (Å²) in [6.45, 7) is 1.51. The summed E-state index contributed by atoms with van der Waals surface area (Å²) >= 11 is 23.8. The molecule has 0 bridgehead atoms. The van der Waals surface area contributed by atoms with E-state index in [9.17, 15) is 14.4 Å². The number of ether oxygens (including phenoxy) is 3. The van der Waals surface area contributed by atoms with Crippen molar-refractivity contribution < 1.29 is 28.6 Å². The lowest BCUT2D eigenvalue weighted by Crippen LogP contribution is -2.33. The molecule has 0 radical (unpaired) electrons. The third-order valence-corrected chi connectivity index (χ3v) is 6.54. The van der Waals surface area contributed by atoms with Crippen molar-refractivity contribution in [3.8, 4) is 17.2 Å². The Hall–Kier alpha value is -4.08. The molecule has 0 aliphatic heterocycles. The smallest absolute Gasteiger partial charge is 0.343 e. The molecule has 1 N–H and O–H groups in total. The maximum absolute atomic E-state index is 12.8. The van der Waals surface area contributed by atoms with E-state index in [1.165, 1.54) is 61.7 Å². The number of hydrogen-bond acceptors (Lipinski definition) is 7. The first kappa shape index (κ1) is 30.9. The zero-order valence-corrected chi connectivity index (χ0v) is 24.7. The van der Waals surface area contributed by atoms with Gasteiger partial charge in [-0.05, 0) is 85.8 Å². The van der Waals surface area contributed by atoms with Crippen LogP contribution in [0.5, 0.6) is 17.2 Å². The minimum atomic E-state index is -0.960. The molecule has 0 heterocycles. The maximum Gasteiger partial charge on any atom is 0.343 e. The molecule has 0 unspecified atom stereocenters. The van der Waals surface area contributed by atoms with Crippen molar-refractivity contribution in [2.45, 2.75) is 13.0 Å². The lowest BCUT2D eigenvalue weighted by Gasteiger charge is -2.14. The van der Waals surface area contributed by atoms with Gasteiger partial charge in [-0.15, -0.1) is 0 Å². The van der Waals surface area contributed by atoms with Crippen LogP contribution in [-0.2, 0) is 4.79 Å². The van der Waals surface area contributed by atoms with Gasteiger partial charge in [-0.3, -0.25) is 4.79 Å². The van der Waals surface area contributed by atoms with E-state index in [1.807, 2.05) is 0 Å². The molecule has 4 aromatic rings. The number of nitrogens with one attached hydrogen (secondary N) is 1. The van der Waals surface area contributed by atoms with Gasteiger partial charge in [-0.2, -0.15) is 5.10 Å². The fourth-order valence-corrected chi connectivity index (χ4v) is 4.05. The van der Waals surface area contributed by atoms with Gasteiger partial charge in [0.2, 0.25) is 0 Å². The first-order valence-electron chi connectivity index (χ1n) is 12.1. The quantitative estimate of drug-likeness (QED) is 0.0868. The molecule has 42 heavy (non-hydrogen) atoms. The zero-order valence-electron chi connectivity index (χ0n) is 21.6. The molecular weight excluding hydrogens is 626 g/mol. The van der Waals surface area contributed by atoms with Crippen molar-refractivity contribution in [3.05, 3.63) is 122 Å². The van der Waals surface area contributed by atoms with E-state index in [2.05, 4.69) is 10.5 Å². The second-order valence-corrected chi connectivity index (χ2v) is 10.3. The van der Waals surface area contributed by atoms with Crippen molar-refractivity contribution in [1.29, 1.82) is 0 Å². The molecule has 4 rings (SSSR count). The Labute approximate surface area is 260 Å². The van der Waals surface area contributed by atoms with Crippen LogP contribution in [0.4, 0.5) is 0 Å². The monoisotopic (exact) mass is 644 g/mol. The van der Waals surface area contributed by atoms with Crippen LogP contribution in [0, 0.1) is 0 Å². The van der Waals surface area contributed by atoms with Crippen LogP contribution in [0.15, 0.2) is 90.0 Å². The number of hydrazone groups is 1. The number of rotatable bonds is 9. The molecule has 0 spiro atoms. The molecule has 0 aliphatic rings. The third kappa shape index (κ3) is 8.47. The highest BCUT2D eigenvalue weighted by Gasteiger charge is 2.17. The molecule has 1 amide bonds. The largest absolute Gasteiger partial charge is 0.479 e. The number of hydrogen-bond donors (Lipinski definition) is 1. The second kappa shape index (κ2) is 14.2. The number of halogens is 4. The van der Waals surface area contributed by atoms with Crippen LogP contribution in [-0.4, -0.2) is 30.2 Å². The predicted molar refractivity (Wildman–Crippen MR) is 162 cm³/mol. The average molecular weight is 646 g/mol. The molecule has 12 heteroatoms. The van der Waals surface area contributed by atoms with Crippen molar-refractivity contribution in [1.82, 2.24) is 5.43 Å². The highest BCUT2D eigenvalue weighted by molar-refractivity contribution is 6.35. The van der Waals surface area contributed by atoms with E-state index in [-0.39, 0.29) is 33.4 Å². The summed E-state index contributed by atoms with van der Waals surface area (Å²) in [4.78, 5) is 38.0. The highest BCUT2D eigenvalue weighted by Crippen LogP contribution is 2.29. The molecule has 0 aromatic heterocycles. The first-order chi connectivity index (χ1) is 20.1. The summed E-state index contributed by atoms with van der Waals surface area (Å²) in [5.74, 6) is -1.56. The van der Waals surface area contributed by atoms with Gasteiger partial charge >= 0.3 is 11.9 Å². The van der Waals surface area contributed by atoms with Crippen LogP contribution in [0.1, 0.15) is 33.2 Å². The van der Waals surface area contributed by atoms with Gasteiger partial charge in [-0.25, -0.2) is 15.0 Å². The number of carbonyl (C=O) groups is 3. The van der Waals surface area contributed by atoms with Crippen LogP contribution in [0.2, 0.25) is 20.1 Å². The van der Waals surface area contributed by atoms with Gasteiger partial charge in [0.25, 0.3) is 5.91 Å². The van der Waals surface area contributed by atoms with Gasteiger partial charge in [0, 0.05) is 26.7 Å². The van der Waals surface area contributed by atoms with Crippen LogP contribution in [0.25, 0.3) is 0 Å². The second-order valence-electron chi connectivity index (χ2n) is 8.56. The molecule has 0 aliphatic carbocycles. The fraction of sp³-hybridized carbons (Fsp3) is 0.0667. The average Bonchev–Trinajstić information content (AvgIpc) is 2.96. The van der Waals surface area contributed by atoms with Gasteiger partial charge in [0.1, 0.15) is 17.2 Å². The van der Waals surface area contributed by atoms with Crippen LogP contribution in [0.3, 0.4) is 0 Å². The normalized spacial score (nSPS) is 11.5. The molecule has 0 saturated heterocycles. The van der Waals surface area contributed by atoms with Gasteiger partial charge in [-0.1, -0.05) is 46.4 Å². The van der Waals surface area contributed by atoms with Gasteiger partial charge in [0.15, 0.2) is 6.10 Å². The SMILES string of the molecule is C[C@H](Oc1ccc(Cl)cc1Cl)C(=O)N/N=C\c1ccc(OC(=O)c2ccc(Cl)cc2)cc1OC(=O)c1ccc(Cl)cc1. The highest BCUT2D eigenvalue weighted by atomic mass is 35.5. The number of esters is 2. The van der Waals surface area contributed by atoms with E-state index in [0.717, 1.165) is 0 Å². The van der Waals surface area contributed by atoms with Crippen molar-refractivity contribution in [2.24, 2.45) is 5.10 Å². The molecule has 8 nitrogen and oxygen atoms in total. The van der Waals surface area contributed by atoms with Gasteiger partial charge < -0.3 is 14.2 Å². The Morgan fingerprint density at radius 2 is 1.29 bits per heavy atom. The van der Waals surface area contributed by atoms with E-state index in [0.29, 0.717) is 20.6 Å². The minimum absolute atomic E-state index is 0.00611. The fourth-order valence-electron chi connectivity index (χ4n) is 3.34. The topological polar surface area (TPSA) is 103 Å². The lowest BCUT2D eigenvalue weighted by atomic mass is 10.2. The Bertz CT molecular complexity index is 1640. The molecule has 4 aromatic carbocycles. The summed E-state index contributed by atoms with van der Waals surface area (Å²) in [5.41, 5.74) is 3.14. The Kier molecular flexibility index (Phi) is 10.4. The van der Waals surface area contributed by atoms with E-state index >= 15 is 0 Å². The van der Waals surface area contributed by atoms with Crippen molar-refractivity contribution in [2.75, 3.05) is 0 Å². The summed E-state index contributed by atoms with van der Waals surface area (Å²) in [6, 6.07) is 21.2. The van der Waals surface area contributed by atoms with Crippen LogP contribution >= 0.6 is 46.4 Å². The van der Waals surface area contributed by atoms with E-state index in [1.54, 1.807) is 36.4 Å². The van der Waals surface area contributed by atoms with Crippen molar-refractivity contribution >= 4 is 70.5 Å². The molecule has 0 saturated carbocycles. The number of benzene rings is 4. The van der Waals surface area contributed by atoms with E-state index in [4.69, 9.17) is 60.6 Å². The first-order valence-corrected chi connectivity index (χ1v) is 13.6. The van der Waals surface area contributed by atoms with Crippen molar-refractivity contribution in [3.63, 3.8) is 0 Å². The summed E-state index contributed by atoms with van der Waals surface area (Å²) in [5, 5.41) is 5.53. The van der Waals surface area contributed by atoms with Gasteiger partial charge in [0.05, 0.1) is 22.4 Å². The zero-order chi connectivity index (χ0) is 30.2. The minimum Gasteiger partial charge on any atom is -0.479 e. The lowest BCUT2D eigenvalue weighted by molar-refractivity contribution is -0.127. The van der Waals surface area contributed by atoms with E-state index < -0.39 is 23.9 Å². The Morgan fingerprint density at radius 1 is 0.714 bits per heavy atom. The Balaban J connectivity index is 1.51. The standard InChI is InChI=1S/C30H20Cl4N2O6/c1-17(40-26-13-11-23(33)14-25(26)34)28(37)36-35-16-20-6-12-24(41-29(38)18-2-7-21(31)8-3-18)15-27(20)42-30(39)19-4-9-22(32)10-5-19/h2-17H,1H3,(H,36,37)/b35-16-/t17-/m0/s1. The molecule has 1 atom stereocenters. The third-order valence-electron chi connectivity index (χ3n) is 5.50. The number of amides is 1. The summed E-state index contributed by atoms with van der Waals surface area (Å²) in [7, 11) is 0. The molecular formula is C30H20Cl4N2O6. The van der Waals surface area contributed by atoms with Crippen LogP contribution < -0.4 is 19.6 Å². The predicted octanol–water partition coefficient (Wildman–Crippen LogP) is 7.66. The maximum atomic E-state index is 12.8. The Morgan fingerprint density at radius 3 is 1.88 bits per heavy atom. The molecule has 0 fully saturated rings. The summed E-state index contributed by atoms with van der Waals surface area (Å²) in [6.07, 6.45) is 0.299. The summed E-state index contributed by atoms with van der Waals surface area (Å²) < 4.78 is 16.6. The number of nitrogens with zero attached hydrogens (tertiary/aromatic N) is 1. The molecule has 214 valence electrons. The number of carbonyl (C=O) groups excluding carboxylic acids is 3.